The summed E-state index contributed by atoms with van der Waals surface area (Å²) in [5, 5.41) is 11.2. The molecule has 0 bridgehead atoms. The molecule has 1 atom stereocenters. The quantitative estimate of drug-likeness (QED) is 0.573. The van der Waals surface area contributed by atoms with Crippen molar-refractivity contribution < 1.29 is 33.6 Å². The van der Waals surface area contributed by atoms with Crippen LogP contribution in [-0.2, 0) is 16.6 Å². The Labute approximate surface area is 157 Å². The van der Waals surface area contributed by atoms with E-state index in [2.05, 4.69) is 0 Å². The van der Waals surface area contributed by atoms with E-state index in [9.17, 15) is 19.5 Å². The molecular weight excluding hydrogens is 315 g/mol. The fourth-order valence-electron chi connectivity index (χ4n) is 3.27. The smallest absolute Gasteiger partial charge is 0.548 e. The monoisotopic (exact) mass is 332 g/mol. The van der Waals surface area contributed by atoms with E-state index in [-0.39, 0.29) is 30.3 Å². The average Bonchev–Trinajstić information content (AvgIpc) is 2.63. The molecule has 1 unspecified atom stereocenters. The number of anilines is 1. The van der Waals surface area contributed by atoms with Gasteiger partial charge in [0.1, 0.15) is 0 Å². The summed E-state index contributed by atoms with van der Waals surface area (Å²) in [6.45, 7) is 2.83. The van der Waals surface area contributed by atoms with Gasteiger partial charge in [-0.3, -0.25) is 9.59 Å². The van der Waals surface area contributed by atoms with Crippen LogP contribution in [-0.4, -0.2) is 23.0 Å². The Bertz CT molecular complexity index is 920. The van der Waals surface area contributed by atoms with Crippen LogP contribution in [0.4, 0.5) is 5.69 Å². The molecule has 1 aliphatic rings. The first kappa shape index (κ1) is 19.0. The molecule has 0 radical (unpaired) electrons. The minimum absolute atomic E-state index is 0. The van der Waals surface area contributed by atoms with E-state index >= 15 is 0 Å². The predicted octanol–water partition coefficient (Wildman–Crippen LogP) is -2.44. The number of carbonyl (C=O) groups is 2. The number of rotatable bonds is 2. The second-order valence-electron chi connectivity index (χ2n) is 6.03. The van der Waals surface area contributed by atoms with Crippen molar-refractivity contribution in [3.63, 3.8) is 0 Å². The number of benzene rings is 1. The van der Waals surface area contributed by atoms with E-state index in [1.807, 2.05) is 24.3 Å². The van der Waals surface area contributed by atoms with Gasteiger partial charge in [0, 0.05) is 18.2 Å². The van der Waals surface area contributed by atoms with Gasteiger partial charge in [0.15, 0.2) is 0 Å². The summed E-state index contributed by atoms with van der Waals surface area (Å²) >= 11 is 0. The third-order valence-electron chi connectivity index (χ3n) is 4.47. The van der Waals surface area contributed by atoms with Gasteiger partial charge < -0.3 is 19.4 Å². The molecule has 124 valence electrons. The van der Waals surface area contributed by atoms with E-state index in [1.54, 1.807) is 27.0 Å². The molecule has 6 nitrogen and oxygen atoms in total. The summed E-state index contributed by atoms with van der Waals surface area (Å²) < 4.78 is 1.47. The van der Waals surface area contributed by atoms with Crippen LogP contribution in [0.3, 0.4) is 0 Å². The molecule has 0 saturated carbocycles. The van der Waals surface area contributed by atoms with E-state index in [0.717, 1.165) is 11.1 Å². The van der Waals surface area contributed by atoms with Gasteiger partial charge in [-0.2, -0.15) is 0 Å². The van der Waals surface area contributed by atoms with Crippen molar-refractivity contribution in [2.75, 3.05) is 11.4 Å². The summed E-state index contributed by atoms with van der Waals surface area (Å²) in [6.07, 6.45) is 0. The van der Waals surface area contributed by atoms with Crippen molar-refractivity contribution in [1.29, 1.82) is 0 Å². The standard InChI is InChI=1S/C18H18N2O4.Li/c1-10-8-14-16(19(3)17(10)23)13-7-5-4-6-12(13)11(2)18(24)20(14)9-15(21)22;/h4-8,11H,9H2,1-3H3,(H,21,22);/q;+1/p-1. The molecule has 1 amide bonds. The van der Waals surface area contributed by atoms with Crippen molar-refractivity contribution in [3.05, 3.63) is 51.8 Å². The number of carbonyl (C=O) groups excluding carboxylic acids is 2. The van der Waals surface area contributed by atoms with Crippen LogP contribution in [0.25, 0.3) is 11.3 Å². The molecule has 1 aromatic heterocycles. The summed E-state index contributed by atoms with van der Waals surface area (Å²) in [4.78, 5) is 37.6. The fourth-order valence-corrected chi connectivity index (χ4v) is 3.27. The van der Waals surface area contributed by atoms with E-state index in [4.69, 9.17) is 0 Å². The van der Waals surface area contributed by atoms with Crippen LogP contribution >= 0.6 is 0 Å². The Morgan fingerprint density at radius 2 is 1.88 bits per heavy atom. The maximum Gasteiger partial charge on any atom is 1.00 e. The van der Waals surface area contributed by atoms with Gasteiger partial charge in [-0.1, -0.05) is 24.3 Å². The van der Waals surface area contributed by atoms with Gasteiger partial charge in [0.2, 0.25) is 5.91 Å². The third kappa shape index (κ3) is 3.03. The Morgan fingerprint density at radius 3 is 2.52 bits per heavy atom. The molecule has 1 aromatic carbocycles. The average molecular weight is 332 g/mol. The largest absolute Gasteiger partial charge is 1.00 e. The van der Waals surface area contributed by atoms with E-state index < -0.39 is 18.4 Å². The first-order valence-corrected chi connectivity index (χ1v) is 7.64. The van der Waals surface area contributed by atoms with Gasteiger partial charge in [-0.05, 0) is 25.5 Å². The minimum Gasteiger partial charge on any atom is -0.548 e. The number of fused-ring (bicyclic) bond motifs is 3. The zero-order chi connectivity index (χ0) is 17.6. The number of pyridine rings is 1. The molecule has 0 spiro atoms. The van der Waals surface area contributed by atoms with Crippen molar-refractivity contribution in [1.82, 2.24) is 4.57 Å². The SMILES string of the molecule is Cc1cc2c(n(C)c1=O)-c1ccccc1C(C)C(=O)N2CC(=O)[O-].[Li+]. The number of amides is 1. The molecule has 1 aliphatic heterocycles. The Morgan fingerprint density at radius 1 is 1.24 bits per heavy atom. The summed E-state index contributed by atoms with van der Waals surface area (Å²) in [7, 11) is 1.63. The number of hydrogen-bond donors (Lipinski definition) is 0. The van der Waals surface area contributed by atoms with E-state index in [0.29, 0.717) is 16.9 Å². The minimum atomic E-state index is -1.35. The zero-order valence-electron chi connectivity index (χ0n) is 14.7. The normalized spacial score (nSPS) is 15.7. The van der Waals surface area contributed by atoms with Crippen LogP contribution in [0.5, 0.6) is 0 Å². The van der Waals surface area contributed by atoms with Crippen molar-refractivity contribution >= 4 is 17.6 Å². The number of carboxylic acids is 1. The fraction of sp³-hybridized carbons (Fsp3) is 0.278. The number of nitrogens with zero attached hydrogens (tertiary/aromatic N) is 2. The van der Waals surface area contributed by atoms with Gasteiger partial charge >= 0.3 is 18.9 Å². The molecule has 25 heavy (non-hydrogen) atoms. The number of carboxylic acid groups (broad SMARTS) is 1. The Kier molecular flexibility index (Phi) is 5.26. The maximum absolute atomic E-state index is 12.9. The topological polar surface area (TPSA) is 82.4 Å². The third-order valence-corrected chi connectivity index (χ3v) is 4.47. The van der Waals surface area contributed by atoms with Crippen molar-refractivity contribution in [3.8, 4) is 11.3 Å². The second-order valence-corrected chi connectivity index (χ2v) is 6.03. The molecule has 0 N–H and O–H groups in total. The number of hydrogen-bond acceptors (Lipinski definition) is 4. The van der Waals surface area contributed by atoms with Crippen LogP contribution < -0.4 is 34.4 Å². The molecule has 0 fully saturated rings. The molecule has 3 rings (SSSR count). The molecule has 0 aliphatic carbocycles. The van der Waals surface area contributed by atoms with Gasteiger partial charge in [0.05, 0.1) is 29.8 Å². The van der Waals surface area contributed by atoms with Crippen molar-refractivity contribution in [2.24, 2.45) is 7.05 Å². The number of aliphatic carboxylic acids is 1. The Balaban J connectivity index is 0.00000225. The molecule has 0 saturated heterocycles. The van der Waals surface area contributed by atoms with Gasteiger partial charge in [-0.15, -0.1) is 0 Å². The summed E-state index contributed by atoms with van der Waals surface area (Å²) in [5.74, 6) is -2.20. The van der Waals surface area contributed by atoms with Crippen LogP contribution in [0.1, 0.15) is 24.0 Å². The van der Waals surface area contributed by atoms with Gasteiger partial charge in [0.25, 0.3) is 5.56 Å². The van der Waals surface area contributed by atoms with E-state index in [1.165, 1.54) is 9.47 Å². The Hall–Kier alpha value is -2.29. The zero-order valence-corrected chi connectivity index (χ0v) is 14.7. The van der Waals surface area contributed by atoms with Crippen LogP contribution in [0.2, 0.25) is 0 Å². The second kappa shape index (κ2) is 6.91. The summed E-state index contributed by atoms with van der Waals surface area (Å²) in [6, 6.07) is 8.90. The van der Waals surface area contributed by atoms with Crippen LogP contribution in [0.15, 0.2) is 35.1 Å². The van der Waals surface area contributed by atoms with Gasteiger partial charge in [-0.25, -0.2) is 0 Å². The molecule has 7 heteroatoms. The maximum atomic E-state index is 12.9. The first-order chi connectivity index (χ1) is 11.3. The molecule has 2 aromatic rings. The molecular formula is C18H17LiN2O4. The number of aryl methyl sites for hydroxylation is 1. The first-order valence-electron chi connectivity index (χ1n) is 7.64. The van der Waals surface area contributed by atoms with Crippen LogP contribution in [0, 0.1) is 6.92 Å². The summed E-state index contributed by atoms with van der Waals surface area (Å²) in [5.41, 5.74) is 2.75. The van der Waals surface area contributed by atoms with Crippen molar-refractivity contribution in [2.45, 2.75) is 19.8 Å². The predicted molar refractivity (Wildman–Crippen MR) is 87.6 cm³/mol. The number of aromatic nitrogens is 1. The molecule has 2 heterocycles.